The molecule has 1 aromatic carbocycles. The minimum absolute atomic E-state index is 0.0540. The van der Waals surface area contributed by atoms with Gasteiger partial charge in [0.25, 0.3) is 0 Å². The zero-order valence-electron chi connectivity index (χ0n) is 9.73. The van der Waals surface area contributed by atoms with Gasteiger partial charge in [-0.15, -0.1) is 0 Å². The highest BCUT2D eigenvalue weighted by Gasteiger charge is 2.10. The molecule has 1 amide bonds. The van der Waals surface area contributed by atoms with Crippen LogP contribution in [0.1, 0.15) is 0 Å². The molecule has 0 bridgehead atoms. The predicted octanol–water partition coefficient (Wildman–Crippen LogP) is 1.90. The Hall–Kier alpha value is -1.21. The Balaban J connectivity index is 2.51. The van der Waals surface area contributed by atoms with Gasteiger partial charge in [-0.2, -0.15) is 0 Å². The fourth-order valence-electron chi connectivity index (χ4n) is 1.23. The standard InChI is InChI=1S/C11H13BrF2N2O2/c1-18-3-2-15-10(17)6-16-11-8(12)4-7(13)5-9(11)14/h4-5,16H,2-3,6H2,1H3,(H,15,17). The molecule has 0 fully saturated rings. The first-order chi connectivity index (χ1) is 8.54. The van der Waals surface area contributed by atoms with Crippen molar-refractivity contribution in [1.82, 2.24) is 5.32 Å². The lowest BCUT2D eigenvalue weighted by Crippen LogP contribution is -2.32. The average molecular weight is 323 g/mol. The average Bonchev–Trinajstić information content (AvgIpc) is 2.27. The quantitative estimate of drug-likeness (QED) is 0.786. The third kappa shape index (κ3) is 4.58. The van der Waals surface area contributed by atoms with Gasteiger partial charge in [0.15, 0.2) is 0 Å². The summed E-state index contributed by atoms with van der Waals surface area (Å²) in [4.78, 5) is 11.3. The summed E-state index contributed by atoms with van der Waals surface area (Å²) in [5.41, 5.74) is 0.0540. The fraction of sp³-hybridized carbons (Fsp3) is 0.364. The van der Waals surface area contributed by atoms with Crippen LogP contribution in [0.2, 0.25) is 0 Å². The number of carbonyl (C=O) groups is 1. The first-order valence-electron chi connectivity index (χ1n) is 5.18. The molecule has 1 aromatic rings. The highest BCUT2D eigenvalue weighted by Crippen LogP contribution is 2.26. The summed E-state index contributed by atoms with van der Waals surface area (Å²) in [6, 6.07) is 1.87. The van der Waals surface area contributed by atoms with Gasteiger partial charge >= 0.3 is 0 Å². The van der Waals surface area contributed by atoms with Crippen molar-refractivity contribution >= 4 is 27.5 Å². The first-order valence-corrected chi connectivity index (χ1v) is 5.98. The van der Waals surface area contributed by atoms with Gasteiger partial charge in [-0.3, -0.25) is 4.79 Å². The monoisotopic (exact) mass is 322 g/mol. The van der Waals surface area contributed by atoms with Gasteiger partial charge in [-0.05, 0) is 22.0 Å². The Bertz CT molecular complexity index is 406. The van der Waals surface area contributed by atoms with Crippen molar-refractivity contribution < 1.29 is 18.3 Å². The maximum Gasteiger partial charge on any atom is 0.239 e. The summed E-state index contributed by atoms with van der Waals surface area (Å²) in [5.74, 6) is -1.75. The molecule has 18 heavy (non-hydrogen) atoms. The second-order valence-corrected chi connectivity index (χ2v) is 4.30. The van der Waals surface area contributed by atoms with E-state index in [1.54, 1.807) is 0 Å². The molecule has 1 rings (SSSR count). The Labute approximate surface area is 112 Å². The van der Waals surface area contributed by atoms with E-state index in [0.29, 0.717) is 13.2 Å². The van der Waals surface area contributed by atoms with Crippen LogP contribution in [-0.2, 0) is 9.53 Å². The van der Waals surface area contributed by atoms with E-state index in [0.717, 1.165) is 12.1 Å². The van der Waals surface area contributed by atoms with Crippen molar-refractivity contribution in [3.63, 3.8) is 0 Å². The van der Waals surface area contributed by atoms with Crippen LogP contribution in [0, 0.1) is 11.6 Å². The molecular formula is C11H13BrF2N2O2. The second kappa shape index (κ2) is 7.27. The van der Waals surface area contributed by atoms with E-state index in [1.165, 1.54) is 7.11 Å². The lowest BCUT2D eigenvalue weighted by molar-refractivity contribution is -0.119. The summed E-state index contributed by atoms with van der Waals surface area (Å²) in [6.45, 7) is 0.676. The van der Waals surface area contributed by atoms with Crippen molar-refractivity contribution in [3.05, 3.63) is 28.2 Å². The number of halogens is 3. The van der Waals surface area contributed by atoms with Gasteiger partial charge in [-0.1, -0.05) is 0 Å². The number of benzene rings is 1. The van der Waals surface area contributed by atoms with Gasteiger partial charge in [0.05, 0.1) is 18.8 Å². The molecule has 0 saturated heterocycles. The molecule has 0 aliphatic carbocycles. The minimum Gasteiger partial charge on any atom is -0.383 e. The van der Waals surface area contributed by atoms with Crippen molar-refractivity contribution in [2.24, 2.45) is 0 Å². The van der Waals surface area contributed by atoms with E-state index in [4.69, 9.17) is 4.74 Å². The van der Waals surface area contributed by atoms with Crippen molar-refractivity contribution in [2.45, 2.75) is 0 Å². The first kappa shape index (κ1) is 14.8. The second-order valence-electron chi connectivity index (χ2n) is 3.44. The third-order valence-corrected chi connectivity index (χ3v) is 2.69. The van der Waals surface area contributed by atoms with Crippen LogP contribution in [-0.4, -0.2) is 32.7 Å². The largest absolute Gasteiger partial charge is 0.383 e. The van der Waals surface area contributed by atoms with Crippen LogP contribution in [0.4, 0.5) is 14.5 Å². The Kier molecular flexibility index (Phi) is 6.00. The molecule has 0 atom stereocenters. The van der Waals surface area contributed by atoms with E-state index < -0.39 is 11.6 Å². The van der Waals surface area contributed by atoms with Crippen LogP contribution >= 0.6 is 15.9 Å². The number of rotatable bonds is 6. The molecule has 0 aromatic heterocycles. The molecule has 4 nitrogen and oxygen atoms in total. The molecule has 0 radical (unpaired) electrons. The summed E-state index contributed by atoms with van der Waals surface area (Å²) >= 11 is 3.02. The molecule has 0 saturated carbocycles. The number of nitrogens with one attached hydrogen (secondary N) is 2. The zero-order valence-corrected chi connectivity index (χ0v) is 11.3. The van der Waals surface area contributed by atoms with E-state index in [1.807, 2.05) is 0 Å². The van der Waals surface area contributed by atoms with Crippen molar-refractivity contribution in [3.8, 4) is 0 Å². The Morgan fingerprint density at radius 2 is 2.17 bits per heavy atom. The summed E-state index contributed by atoms with van der Waals surface area (Å²) in [5, 5.41) is 5.16. The molecule has 100 valence electrons. The van der Waals surface area contributed by atoms with E-state index >= 15 is 0 Å². The van der Waals surface area contributed by atoms with Gasteiger partial charge in [0.1, 0.15) is 11.6 Å². The maximum atomic E-state index is 13.4. The van der Waals surface area contributed by atoms with Crippen LogP contribution in [0.3, 0.4) is 0 Å². The Morgan fingerprint density at radius 3 is 2.78 bits per heavy atom. The molecule has 0 aliphatic rings. The predicted molar refractivity (Wildman–Crippen MR) is 67.4 cm³/mol. The van der Waals surface area contributed by atoms with Gasteiger partial charge in [0, 0.05) is 24.2 Å². The maximum absolute atomic E-state index is 13.4. The van der Waals surface area contributed by atoms with Gasteiger partial charge in [-0.25, -0.2) is 8.78 Å². The molecule has 0 spiro atoms. The molecule has 7 heteroatoms. The lowest BCUT2D eigenvalue weighted by Gasteiger charge is -2.10. The molecule has 0 aliphatic heterocycles. The number of amides is 1. The number of hydrogen-bond acceptors (Lipinski definition) is 3. The lowest BCUT2D eigenvalue weighted by atomic mass is 10.3. The topological polar surface area (TPSA) is 50.4 Å². The number of methoxy groups -OCH3 is 1. The SMILES string of the molecule is COCCNC(=O)CNc1c(F)cc(F)cc1Br. The number of hydrogen-bond donors (Lipinski definition) is 2. The normalized spacial score (nSPS) is 10.2. The van der Waals surface area contributed by atoms with E-state index in [-0.39, 0.29) is 22.6 Å². The minimum atomic E-state index is -0.758. The molecular weight excluding hydrogens is 310 g/mol. The molecule has 0 heterocycles. The van der Waals surface area contributed by atoms with Gasteiger partial charge < -0.3 is 15.4 Å². The van der Waals surface area contributed by atoms with Crippen LogP contribution in [0.15, 0.2) is 16.6 Å². The fourth-order valence-corrected chi connectivity index (χ4v) is 1.78. The third-order valence-electron chi connectivity index (χ3n) is 2.06. The summed E-state index contributed by atoms with van der Waals surface area (Å²) < 4.78 is 31.2. The molecule has 0 unspecified atom stereocenters. The van der Waals surface area contributed by atoms with E-state index in [2.05, 4.69) is 26.6 Å². The highest BCUT2D eigenvalue weighted by atomic mass is 79.9. The zero-order chi connectivity index (χ0) is 13.5. The van der Waals surface area contributed by atoms with Crippen molar-refractivity contribution in [1.29, 1.82) is 0 Å². The van der Waals surface area contributed by atoms with Crippen LogP contribution in [0.5, 0.6) is 0 Å². The Morgan fingerprint density at radius 1 is 1.44 bits per heavy atom. The van der Waals surface area contributed by atoms with Crippen molar-refractivity contribution in [2.75, 3.05) is 32.1 Å². The van der Waals surface area contributed by atoms with Crippen LogP contribution in [0.25, 0.3) is 0 Å². The number of carbonyl (C=O) groups excluding carboxylic acids is 1. The van der Waals surface area contributed by atoms with Gasteiger partial charge in [0.2, 0.25) is 5.91 Å². The smallest absolute Gasteiger partial charge is 0.239 e. The summed E-state index contributed by atoms with van der Waals surface area (Å²) in [7, 11) is 1.52. The summed E-state index contributed by atoms with van der Waals surface area (Å²) in [6.07, 6.45) is 0. The van der Waals surface area contributed by atoms with E-state index in [9.17, 15) is 13.6 Å². The molecule has 2 N–H and O–H groups in total. The number of ether oxygens (including phenoxy) is 1. The van der Waals surface area contributed by atoms with Crippen LogP contribution < -0.4 is 10.6 Å². The number of anilines is 1. The highest BCUT2D eigenvalue weighted by molar-refractivity contribution is 9.10.